The lowest BCUT2D eigenvalue weighted by atomic mass is 10.2. The molecular weight excluding hydrogens is 284 g/mol. The van der Waals surface area contributed by atoms with Gasteiger partial charge >= 0.3 is 0 Å². The average Bonchev–Trinajstić information content (AvgIpc) is 2.52. The quantitative estimate of drug-likeness (QED) is 0.867. The number of nitrogen functional groups attached to an aromatic ring is 1. The van der Waals surface area contributed by atoms with Gasteiger partial charge in [0.2, 0.25) is 0 Å². The standard InChI is InChI=1S/C9H6BrClN2S/c10-7-4-14-3-6(7)9-8(12)1-5(11)2-13-9/h1-4H,12H2. The Morgan fingerprint density at radius 1 is 1.43 bits per heavy atom. The van der Waals surface area contributed by atoms with E-state index in [1.807, 2.05) is 10.8 Å². The molecule has 0 radical (unpaired) electrons. The van der Waals surface area contributed by atoms with Gasteiger partial charge < -0.3 is 5.73 Å². The molecule has 5 heteroatoms. The Kier molecular flexibility index (Phi) is 2.76. The first-order valence-electron chi connectivity index (χ1n) is 3.81. The van der Waals surface area contributed by atoms with Gasteiger partial charge in [0.1, 0.15) is 0 Å². The lowest BCUT2D eigenvalue weighted by molar-refractivity contribution is 1.33. The van der Waals surface area contributed by atoms with Crippen molar-refractivity contribution in [1.82, 2.24) is 4.98 Å². The van der Waals surface area contributed by atoms with E-state index in [0.29, 0.717) is 10.7 Å². The van der Waals surface area contributed by atoms with E-state index in [2.05, 4.69) is 20.9 Å². The maximum absolute atomic E-state index is 5.82. The largest absolute Gasteiger partial charge is 0.397 e. The van der Waals surface area contributed by atoms with Crippen LogP contribution in [0, 0.1) is 0 Å². The zero-order chi connectivity index (χ0) is 10.1. The van der Waals surface area contributed by atoms with Crippen LogP contribution in [0.3, 0.4) is 0 Å². The van der Waals surface area contributed by atoms with Gasteiger partial charge in [-0.3, -0.25) is 4.98 Å². The van der Waals surface area contributed by atoms with Crippen molar-refractivity contribution in [3.63, 3.8) is 0 Å². The molecule has 0 saturated heterocycles. The highest BCUT2D eigenvalue weighted by atomic mass is 79.9. The Morgan fingerprint density at radius 3 is 2.79 bits per heavy atom. The van der Waals surface area contributed by atoms with Crippen LogP contribution in [-0.4, -0.2) is 4.98 Å². The number of nitrogens with two attached hydrogens (primary N) is 1. The lowest BCUT2D eigenvalue weighted by Gasteiger charge is -2.03. The average molecular weight is 290 g/mol. The normalized spacial score (nSPS) is 10.4. The summed E-state index contributed by atoms with van der Waals surface area (Å²) in [6.45, 7) is 0. The Bertz CT molecular complexity index is 470. The van der Waals surface area contributed by atoms with Gasteiger partial charge in [-0.2, -0.15) is 11.3 Å². The van der Waals surface area contributed by atoms with Crippen LogP contribution in [0.4, 0.5) is 5.69 Å². The molecule has 2 nitrogen and oxygen atoms in total. The summed E-state index contributed by atoms with van der Waals surface area (Å²) in [4.78, 5) is 4.20. The molecule has 2 aromatic heterocycles. The van der Waals surface area contributed by atoms with Crippen molar-refractivity contribution in [2.45, 2.75) is 0 Å². The van der Waals surface area contributed by atoms with E-state index in [9.17, 15) is 0 Å². The number of nitrogens with zero attached hydrogens (tertiary/aromatic N) is 1. The number of pyridine rings is 1. The second-order valence-corrected chi connectivity index (χ2v) is 4.76. The molecule has 0 amide bonds. The molecule has 0 fully saturated rings. The molecule has 0 aliphatic heterocycles. The Balaban J connectivity index is 2.58. The van der Waals surface area contributed by atoms with Gasteiger partial charge in [-0.15, -0.1) is 0 Å². The summed E-state index contributed by atoms with van der Waals surface area (Å²) in [5.74, 6) is 0. The van der Waals surface area contributed by atoms with E-state index in [1.54, 1.807) is 23.6 Å². The van der Waals surface area contributed by atoms with Crippen LogP contribution in [0.25, 0.3) is 11.3 Å². The fourth-order valence-corrected chi connectivity index (χ4v) is 2.76. The number of hydrogen-bond donors (Lipinski definition) is 1. The van der Waals surface area contributed by atoms with Crippen LogP contribution in [0.15, 0.2) is 27.5 Å². The summed E-state index contributed by atoms with van der Waals surface area (Å²) in [7, 11) is 0. The minimum atomic E-state index is 0.553. The van der Waals surface area contributed by atoms with Crippen LogP contribution < -0.4 is 5.73 Å². The van der Waals surface area contributed by atoms with Crippen molar-refractivity contribution in [2.75, 3.05) is 5.73 Å². The second-order valence-electron chi connectivity index (χ2n) is 2.72. The molecule has 2 aromatic rings. The highest BCUT2D eigenvalue weighted by molar-refractivity contribution is 9.10. The first kappa shape index (κ1) is 9.96. The molecule has 2 rings (SSSR count). The number of thiophene rings is 1. The molecule has 14 heavy (non-hydrogen) atoms. The fraction of sp³-hybridized carbons (Fsp3) is 0. The third-order valence-corrected chi connectivity index (χ3v) is 3.66. The summed E-state index contributed by atoms with van der Waals surface area (Å²) in [6.07, 6.45) is 1.59. The molecular formula is C9H6BrClN2S. The van der Waals surface area contributed by atoms with E-state index in [1.165, 1.54) is 0 Å². The molecule has 0 aliphatic rings. The predicted molar refractivity (Wildman–Crippen MR) is 64.7 cm³/mol. The van der Waals surface area contributed by atoms with Crippen molar-refractivity contribution in [3.05, 3.63) is 32.5 Å². The molecule has 0 unspecified atom stereocenters. The summed E-state index contributed by atoms with van der Waals surface area (Å²) in [5, 5.41) is 4.54. The van der Waals surface area contributed by atoms with Crippen LogP contribution in [0.5, 0.6) is 0 Å². The van der Waals surface area contributed by atoms with Crippen molar-refractivity contribution in [3.8, 4) is 11.3 Å². The zero-order valence-corrected chi connectivity index (χ0v) is 10.2. The number of aromatic nitrogens is 1. The van der Waals surface area contributed by atoms with Gasteiger partial charge in [-0.05, 0) is 22.0 Å². The molecule has 0 atom stereocenters. The van der Waals surface area contributed by atoms with Crippen molar-refractivity contribution < 1.29 is 0 Å². The van der Waals surface area contributed by atoms with Gasteiger partial charge in [0.15, 0.2) is 0 Å². The Labute approximate surface area is 98.9 Å². The summed E-state index contributed by atoms with van der Waals surface area (Å²) >= 11 is 10.8. The second kappa shape index (κ2) is 3.88. The van der Waals surface area contributed by atoms with Crippen LogP contribution in [0.2, 0.25) is 5.02 Å². The maximum Gasteiger partial charge on any atom is 0.0951 e. The van der Waals surface area contributed by atoms with Gasteiger partial charge in [-0.1, -0.05) is 11.6 Å². The maximum atomic E-state index is 5.82. The smallest absolute Gasteiger partial charge is 0.0951 e. The fourth-order valence-electron chi connectivity index (χ4n) is 1.13. The monoisotopic (exact) mass is 288 g/mol. The first-order valence-corrected chi connectivity index (χ1v) is 5.93. The first-order chi connectivity index (χ1) is 6.68. The van der Waals surface area contributed by atoms with Gasteiger partial charge in [-0.25, -0.2) is 0 Å². The number of rotatable bonds is 1. The number of anilines is 1. The Morgan fingerprint density at radius 2 is 2.21 bits per heavy atom. The minimum absolute atomic E-state index is 0.553. The van der Waals surface area contributed by atoms with Gasteiger partial charge in [0.25, 0.3) is 0 Å². The summed E-state index contributed by atoms with van der Waals surface area (Å²) in [6, 6.07) is 1.70. The topological polar surface area (TPSA) is 38.9 Å². The van der Waals surface area contributed by atoms with Gasteiger partial charge in [0.05, 0.1) is 16.4 Å². The molecule has 72 valence electrons. The number of hydrogen-bond acceptors (Lipinski definition) is 3. The summed E-state index contributed by atoms with van der Waals surface area (Å²) < 4.78 is 1.00. The van der Waals surface area contributed by atoms with Crippen LogP contribution in [0.1, 0.15) is 0 Å². The van der Waals surface area contributed by atoms with Crippen molar-refractivity contribution >= 4 is 44.6 Å². The van der Waals surface area contributed by atoms with E-state index in [0.717, 1.165) is 15.7 Å². The molecule has 2 N–H and O–H groups in total. The van der Waals surface area contributed by atoms with Crippen molar-refractivity contribution in [2.24, 2.45) is 0 Å². The van der Waals surface area contributed by atoms with Crippen molar-refractivity contribution in [1.29, 1.82) is 0 Å². The van der Waals surface area contributed by atoms with E-state index in [4.69, 9.17) is 17.3 Å². The summed E-state index contributed by atoms with van der Waals surface area (Å²) in [5.41, 5.74) is 8.18. The molecule has 0 saturated carbocycles. The van der Waals surface area contributed by atoms with Crippen LogP contribution in [-0.2, 0) is 0 Å². The van der Waals surface area contributed by atoms with E-state index < -0.39 is 0 Å². The lowest BCUT2D eigenvalue weighted by Crippen LogP contribution is -1.92. The third-order valence-electron chi connectivity index (χ3n) is 1.75. The predicted octanol–water partition coefficient (Wildman–Crippen LogP) is 3.81. The molecule has 0 spiro atoms. The van der Waals surface area contributed by atoms with E-state index >= 15 is 0 Å². The number of halogens is 2. The van der Waals surface area contributed by atoms with Crippen LogP contribution >= 0.6 is 38.9 Å². The molecule has 2 heterocycles. The highest BCUT2D eigenvalue weighted by Crippen LogP contribution is 2.34. The minimum Gasteiger partial charge on any atom is -0.397 e. The van der Waals surface area contributed by atoms with Gasteiger partial charge in [0, 0.05) is 27.0 Å². The molecule has 0 bridgehead atoms. The zero-order valence-electron chi connectivity index (χ0n) is 7.00. The molecule has 0 aliphatic carbocycles. The third kappa shape index (κ3) is 1.78. The SMILES string of the molecule is Nc1cc(Cl)cnc1-c1cscc1Br. The molecule has 0 aromatic carbocycles. The highest BCUT2D eigenvalue weighted by Gasteiger charge is 2.09. The Hall–Kier alpha value is -0.580. The van der Waals surface area contributed by atoms with E-state index in [-0.39, 0.29) is 0 Å².